The van der Waals surface area contributed by atoms with Crippen LogP contribution >= 0.6 is 22.6 Å². The van der Waals surface area contributed by atoms with E-state index in [1.807, 2.05) is 6.07 Å². The number of methoxy groups -OCH3 is 1. The normalized spacial score (nSPS) is 10.9. The fourth-order valence-corrected chi connectivity index (χ4v) is 2.82. The molecule has 6 heteroatoms. The lowest BCUT2D eigenvalue weighted by atomic mass is 10.1. The van der Waals surface area contributed by atoms with Crippen molar-refractivity contribution in [1.29, 1.82) is 0 Å². The highest BCUT2D eigenvalue weighted by atomic mass is 127. The Morgan fingerprint density at radius 3 is 2.61 bits per heavy atom. The van der Waals surface area contributed by atoms with Gasteiger partial charge in [0.1, 0.15) is 5.58 Å². The van der Waals surface area contributed by atoms with Crippen LogP contribution < -0.4 is 10.2 Å². The Labute approximate surface area is 145 Å². The summed E-state index contributed by atoms with van der Waals surface area (Å²) in [6.45, 7) is 0. The van der Waals surface area contributed by atoms with Gasteiger partial charge in [-0.15, -0.1) is 0 Å². The first kappa shape index (κ1) is 15.7. The summed E-state index contributed by atoms with van der Waals surface area (Å²) in [5.41, 5.74) is 1.24. The maximum atomic E-state index is 12.4. The van der Waals surface area contributed by atoms with Crippen molar-refractivity contribution in [3.63, 3.8) is 0 Å². The molecule has 0 saturated heterocycles. The molecule has 0 radical (unpaired) electrons. The number of aromatic hydroxyl groups is 2. The van der Waals surface area contributed by atoms with E-state index in [1.165, 1.54) is 19.2 Å². The van der Waals surface area contributed by atoms with Gasteiger partial charge in [-0.2, -0.15) is 0 Å². The second-order valence-electron chi connectivity index (χ2n) is 4.96. The van der Waals surface area contributed by atoms with E-state index in [1.54, 1.807) is 18.2 Å². The number of hydrogen-bond acceptors (Lipinski definition) is 5. The molecule has 23 heavy (non-hydrogen) atoms. The van der Waals surface area contributed by atoms with Crippen LogP contribution in [0.3, 0.4) is 0 Å². The molecule has 3 rings (SSSR count). The van der Waals surface area contributed by atoms with Crippen molar-refractivity contribution in [2.24, 2.45) is 0 Å². The standard InChI is InChI=1S/C17H13IO5/c1-22-14-5-3-10(7-12(14)19)17-16(21)15(20)11-6-9(8-18)2-4-13(11)23-17/h2-7,19,21H,8H2,1H3. The number of hydrogen-bond donors (Lipinski definition) is 2. The van der Waals surface area contributed by atoms with Crippen molar-refractivity contribution in [1.82, 2.24) is 0 Å². The Kier molecular flexibility index (Phi) is 4.16. The number of halogens is 1. The third-order valence-electron chi connectivity index (χ3n) is 3.53. The second kappa shape index (κ2) is 6.11. The van der Waals surface area contributed by atoms with Gasteiger partial charge in [-0.1, -0.05) is 28.7 Å². The zero-order valence-electron chi connectivity index (χ0n) is 12.2. The van der Waals surface area contributed by atoms with Gasteiger partial charge >= 0.3 is 0 Å². The predicted octanol–water partition coefficient (Wildman–Crippen LogP) is 3.81. The summed E-state index contributed by atoms with van der Waals surface area (Å²) in [6.07, 6.45) is 0. The molecule has 0 fully saturated rings. The lowest BCUT2D eigenvalue weighted by molar-refractivity contribution is 0.373. The second-order valence-corrected chi connectivity index (χ2v) is 5.72. The van der Waals surface area contributed by atoms with Crippen molar-refractivity contribution in [2.45, 2.75) is 4.43 Å². The highest BCUT2D eigenvalue weighted by molar-refractivity contribution is 14.1. The van der Waals surface area contributed by atoms with E-state index in [4.69, 9.17) is 9.15 Å². The van der Waals surface area contributed by atoms with E-state index in [0.717, 1.165) is 9.99 Å². The molecule has 0 aliphatic carbocycles. The van der Waals surface area contributed by atoms with E-state index in [0.29, 0.717) is 22.3 Å². The molecule has 1 heterocycles. The minimum absolute atomic E-state index is 0.0164. The smallest absolute Gasteiger partial charge is 0.235 e. The quantitative estimate of drug-likeness (QED) is 0.494. The van der Waals surface area contributed by atoms with Crippen LogP contribution in [0, 0.1) is 0 Å². The van der Waals surface area contributed by atoms with Crippen molar-refractivity contribution >= 4 is 33.6 Å². The number of phenolic OH excluding ortho intramolecular Hbond substituents is 1. The summed E-state index contributed by atoms with van der Waals surface area (Å²) in [4.78, 5) is 12.4. The van der Waals surface area contributed by atoms with Crippen molar-refractivity contribution in [3.8, 4) is 28.6 Å². The molecule has 0 saturated carbocycles. The number of phenols is 1. The van der Waals surface area contributed by atoms with E-state index < -0.39 is 11.2 Å². The fraction of sp³-hybridized carbons (Fsp3) is 0.118. The maximum absolute atomic E-state index is 12.4. The van der Waals surface area contributed by atoms with Gasteiger partial charge in [0.05, 0.1) is 12.5 Å². The molecule has 0 amide bonds. The van der Waals surface area contributed by atoms with Gasteiger partial charge in [0.15, 0.2) is 17.3 Å². The molecular weight excluding hydrogens is 411 g/mol. The van der Waals surface area contributed by atoms with E-state index >= 15 is 0 Å². The summed E-state index contributed by atoms with van der Waals surface area (Å²) in [7, 11) is 1.44. The average molecular weight is 424 g/mol. The van der Waals surface area contributed by atoms with Crippen molar-refractivity contribution in [2.75, 3.05) is 7.11 Å². The van der Waals surface area contributed by atoms with Gasteiger partial charge in [-0.05, 0) is 35.9 Å². The molecule has 3 aromatic rings. The molecule has 1 aromatic heterocycles. The summed E-state index contributed by atoms with van der Waals surface area (Å²) in [5.74, 6) is -0.272. The highest BCUT2D eigenvalue weighted by Crippen LogP contribution is 2.35. The lowest BCUT2D eigenvalue weighted by Gasteiger charge is -2.09. The molecule has 118 valence electrons. The molecule has 0 aliphatic rings. The Balaban J connectivity index is 2.24. The van der Waals surface area contributed by atoms with E-state index in [2.05, 4.69) is 22.6 Å². The largest absolute Gasteiger partial charge is 0.504 e. The number of ether oxygens (including phenoxy) is 1. The van der Waals surface area contributed by atoms with Crippen LogP contribution in [0.4, 0.5) is 0 Å². The summed E-state index contributed by atoms with van der Waals surface area (Å²) >= 11 is 2.20. The zero-order chi connectivity index (χ0) is 16.6. The third-order valence-corrected chi connectivity index (χ3v) is 4.41. The minimum Gasteiger partial charge on any atom is -0.504 e. The monoisotopic (exact) mass is 424 g/mol. The minimum atomic E-state index is -0.497. The van der Waals surface area contributed by atoms with Crippen molar-refractivity contribution in [3.05, 3.63) is 52.2 Å². The van der Waals surface area contributed by atoms with Gasteiger partial charge in [-0.3, -0.25) is 4.79 Å². The molecule has 0 bridgehead atoms. The van der Waals surface area contributed by atoms with Gasteiger partial charge in [0, 0.05) is 9.99 Å². The zero-order valence-corrected chi connectivity index (χ0v) is 14.3. The first-order chi connectivity index (χ1) is 11.0. The van der Waals surface area contributed by atoms with E-state index in [-0.39, 0.29) is 11.5 Å². The predicted molar refractivity (Wildman–Crippen MR) is 95.5 cm³/mol. The van der Waals surface area contributed by atoms with Crippen molar-refractivity contribution < 1.29 is 19.4 Å². The molecule has 2 aromatic carbocycles. The summed E-state index contributed by atoms with van der Waals surface area (Å²) in [6, 6.07) is 9.79. The van der Waals surface area contributed by atoms with Crippen LogP contribution in [0.25, 0.3) is 22.3 Å². The molecule has 5 nitrogen and oxygen atoms in total. The first-order valence-electron chi connectivity index (χ1n) is 6.77. The lowest BCUT2D eigenvalue weighted by Crippen LogP contribution is -2.03. The first-order valence-corrected chi connectivity index (χ1v) is 8.29. The van der Waals surface area contributed by atoms with Crippen LogP contribution in [-0.4, -0.2) is 17.3 Å². The van der Waals surface area contributed by atoms with Crippen LogP contribution in [0.1, 0.15) is 5.56 Å². The molecule has 0 unspecified atom stereocenters. The van der Waals surface area contributed by atoms with Gasteiger partial charge in [0.25, 0.3) is 0 Å². The highest BCUT2D eigenvalue weighted by Gasteiger charge is 2.17. The number of fused-ring (bicyclic) bond motifs is 1. The van der Waals surface area contributed by atoms with Crippen LogP contribution in [0.15, 0.2) is 45.6 Å². The molecule has 0 aliphatic heterocycles. The van der Waals surface area contributed by atoms with Crippen LogP contribution in [0.2, 0.25) is 0 Å². The van der Waals surface area contributed by atoms with Gasteiger partial charge < -0.3 is 19.4 Å². The Hall–Kier alpha value is -2.22. The molecule has 0 atom stereocenters. The summed E-state index contributed by atoms with van der Waals surface area (Å²) < 4.78 is 11.4. The number of benzene rings is 2. The van der Waals surface area contributed by atoms with Gasteiger partial charge in [-0.25, -0.2) is 0 Å². The fourth-order valence-electron chi connectivity index (χ4n) is 2.34. The Bertz CT molecular complexity index is 946. The number of alkyl halides is 1. The Morgan fingerprint density at radius 2 is 1.96 bits per heavy atom. The van der Waals surface area contributed by atoms with E-state index in [9.17, 15) is 15.0 Å². The molecule has 0 spiro atoms. The molecular formula is C17H13IO5. The maximum Gasteiger partial charge on any atom is 0.235 e. The number of rotatable bonds is 3. The van der Waals surface area contributed by atoms with Crippen LogP contribution in [0.5, 0.6) is 17.2 Å². The topological polar surface area (TPSA) is 79.9 Å². The van der Waals surface area contributed by atoms with Crippen LogP contribution in [-0.2, 0) is 4.43 Å². The SMILES string of the molecule is COc1ccc(-c2oc3ccc(CI)cc3c(=O)c2O)cc1O. The third kappa shape index (κ3) is 2.74. The average Bonchev–Trinajstić information content (AvgIpc) is 2.57. The van der Waals surface area contributed by atoms with Gasteiger partial charge in [0.2, 0.25) is 11.2 Å². The molecule has 2 N–H and O–H groups in total. The Morgan fingerprint density at radius 1 is 1.17 bits per heavy atom. The summed E-state index contributed by atoms with van der Waals surface area (Å²) in [5, 5.41) is 20.4.